The van der Waals surface area contributed by atoms with Crippen LogP contribution >= 0.6 is 0 Å². The van der Waals surface area contributed by atoms with Gasteiger partial charge in [-0.05, 0) is 37.0 Å². The lowest BCUT2D eigenvalue weighted by molar-refractivity contribution is 0.309. The van der Waals surface area contributed by atoms with Crippen molar-refractivity contribution in [1.82, 2.24) is 5.32 Å². The van der Waals surface area contributed by atoms with Gasteiger partial charge in [-0.2, -0.15) is 0 Å². The van der Waals surface area contributed by atoms with Crippen LogP contribution in [0, 0.1) is 5.92 Å². The van der Waals surface area contributed by atoms with Crippen LogP contribution in [0.25, 0.3) is 0 Å². The fourth-order valence-corrected chi connectivity index (χ4v) is 1.55. The normalized spacial score (nSPS) is 12.7. The molecule has 0 aliphatic rings. The van der Waals surface area contributed by atoms with Crippen molar-refractivity contribution in [3.05, 3.63) is 29.8 Å². The van der Waals surface area contributed by atoms with Crippen molar-refractivity contribution in [2.45, 2.75) is 53.1 Å². The van der Waals surface area contributed by atoms with Crippen LogP contribution in [0.3, 0.4) is 0 Å². The molecule has 0 aromatic heterocycles. The first-order valence-electron chi connectivity index (χ1n) is 7.08. The van der Waals surface area contributed by atoms with Crippen molar-refractivity contribution in [3.63, 3.8) is 0 Å². The number of hydrogen-bond acceptors (Lipinski definition) is 2. The molecule has 0 radical (unpaired) electrons. The number of benzene rings is 1. The van der Waals surface area contributed by atoms with Gasteiger partial charge in [-0.1, -0.05) is 39.3 Å². The summed E-state index contributed by atoms with van der Waals surface area (Å²) < 4.78 is 5.64. The van der Waals surface area contributed by atoms with E-state index < -0.39 is 0 Å². The van der Waals surface area contributed by atoms with Crippen molar-refractivity contribution in [2.75, 3.05) is 6.61 Å². The average Bonchev–Trinajstić information content (AvgIpc) is 2.37. The predicted molar refractivity (Wildman–Crippen MR) is 78.0 cm³/mol. The molecule has 1 rings (SSSR count). The summed E-state index contributed by atoms with van der Waals surface area (Å²) in [4.78, 5) is 0. The van der Waals surface area contributed by atoms with Gasteiger partial charge in [0.2, 0.25) is 0 Å². The summed E-state index contributed by atoms with van der Waals surface area (Å²) in [5.41, 5.74) is 1.31. The number of unbranched alkanes of at least 4 members (excludes halogenated alkanes) is 1. The lowest BCUT2D eigenvalue weighted by Crippen LogP contribution is -2.30. The SMILES string of the molecule is CCCCOc1ccc(CNC(C)C(C)C)cc1. The Morgan fingerprint density at radius 3 is 2.33 bits per heavy atom. The van der Waals surface area contributed by atoms with E-state index in [4.69, 9.17) is 4.74 Å². The Kier molecular flexibility index (Phi) is 6.81. The van der Waals surface area contributed by atoms with Crippen LogP contribution in [0.4, 0.5) is 0 Å². The van der Waals surface area contributed by atoms with Gasteiger partial charge in [0.05, 0.1) is 6.61 Å². The number of rotatable bonds is 8. The highest BCUT2D eigenvalue weighted by Gasteiger charge is 2.05. The first-order chi connectivity index (χ1) is 8.63. The standard InChI is InChI=1S/C16H27NO/c1-5-6-11-18-16-9-7-15(8-10-16)12-17-14(4)13(2)3/h7-10,13-14,17H,5-6,11-12H2,1-4H3. The Hall–Kier alpha value is -1.02. The van der Waals surface area contributed by atoms with Gasteiger partial charge in [0.15, 0.2) is 0 Å². The molecule has 1 atom stereocenters. The molecule has 1 N–H and O–H groups in total. The topological polar surface area (TPSA) is 21.3 Å². The van der Waals surface area contributed by atoms with Gasteiger partial charge < -0.3 is 10.1 Å². The Labute approximate surface area is 112 Å². The third-order valence-electron chi connectivity index (χ3n) is 3.32. The molecule has 0 spiro atoms. The third-order valence-corrected chi connectivity index (χ3v) is 3.32. The predicted octanol–water partition coefficient (Wildman–Crippen LogP) is 4.00. The monoisotopic (exact) mass is 249 g/mol. The molecular formula is C16H27NO. The van der Waals surface area contributed by atoms with Crippen molar-refractivity contribution >= 4 is 0 Å². The maximum Gasteiger partial charge on any atom is 0.119 e. The largest absolute Gasteiger partial charge is 0.494 e. The second-order valence-electron chi connectivity index (χ2n) is 5.26. The minimum Gasteiger partial charge on any atom is -0.494 e. The molecule has 0 aliphatic heterocycles. The fraction of sp³-hybridized carbons (Fsp3) is 0.625. The van der Waals surface area contributed by atoms with Gasteiger partial charge in [-0.15, -0.1) is 0 Å². The van der Waals surface area contributed by atoms with Gasteiger partial charge >= 0.3 is 0 Å². The second-order valence-corrected chi connectivity index (χ2v) is 5.26. The molecule has 0 bridgehead atoms. The molecule has 1 aromatic carbocycles. The minimum atomic E-state index is 0.547. The van der Waals surface area contributed by atoms with E-state index in [9.17, 15) is 0 Å². The molecule has 0 heterocycles. The summed E-state index contributed by atoms with van der Waals surface area (Å²) in [6.07, 6.45) is 2.30. The van der Waals surface area contributed by atoms with E-state index in [0.717, 1.165) is 25.3 Å². The number of ether oxygens (including phenoxy) is 1. The summed E-state index contributed by atoms with van der Waals surface area (Å²) in [7, 11) is 0. The molecule has 1 unspecified atom stereocenters. The maximum absolute atomic E-state index is 5.64. The molecule has 0 saturated carbocycles. The van der Waals surface area contributed by atoms with Crippen LogP contribution in [0.15, 0.2) is 24.3 Å². The molecule has 2 nitrogen and oxygen atoms in total. The van der Waals surface area contributed by atoms with Crippen molar-refractivity contribution in [3.8, 4) is 5.75 Å². The summed E-state index contributed by atoms with van der Waals surface area (Å²) >= 11 is 0. The first kappa shape index (κ1) is 15.0. The number of hydrogen-bond donors (Lipinski definition) is 1. The lowest BCUT2D eigenvalue weighted by Gasteiger charge is -2.17. The summed E-state index contributed by atoms with van der Waals surface area (Å²) in [5, 5.41) is 3.53. The molecule has 0 amide bonds. The fourth-order valence-electron chi connectivity index (χ4n) is 1.55. The molecule has 102 valence electrons. The van der Waals surface area contributed by atoms with Crippen LogP contribution in [0.2, 0.25) is 0 Å². The van der Waals surface area contributed by atoms with E-state index in [1.54, 1.807) is 0 Å². The van der Waals surface area contributed by atoms with Crippen LogP contribution in [0.5, 0.6) is 5.75 Å². The molecule has 18 heavy (non-hydrogen) atoms. The molecule has 0 saturated heterocycles. The summed E-state index contributed by atoms with van der Waals surface area (Å²) in [5.74, 6) is 1.64. The molecule has 1 aromatic rings. The van der Waals surface area contributed by atoms with Crippen LogP contribution in [-0.2, 0) is 6.54 Å². The van der Waals surface area contributed by atoms with Gasteiger partial charge in [0.1, 0.15) is 5.75 Å². The zero-order chi connectivity index (χ0) is 13.4. The van der Waals surface area contributed by atoms with Gasteiger partial charge in [0.25, 0.3) is 0 Å². The van der Waals surface area contributed by atoms with Gasteiger partial charge in [-0.25, -0.2) is 0 Å². The molecule has 2 heteroatoms. The Balaban J connectivity index is 2.35. The second kappa shape index (κ2) is 8.15. The zero-order valence-corrected chi connectivity index (χ0v) is 12.2. The quantitative estimate of drug-likeness (QED) is 0.703. The van der Waals surface area contributed by atoms with Crippen LogP contribution in [-0.4, -0.2) is 12.6 Å². The first-order valence-corrected chi connectivity index (χ1v) is 7.08. The highest BCUT2D eigenvalue weighted by Crippen LogP contribution is 2.13. The van der Waals surface area contributed by atoms with Gasteiger partial charge in [0, 0.05) is 12.6 Å². The van der Waals surface area contributed by atoms with E-state index in [2.05, 4.69) is 57.3 Å². The summed E-state index contributed by atoms with van der Waals surface area (Å²) in [6, 6.07) is 8.95. The van der Waals surface area contributed by atoms with E-state index in [-0.39, 0.29) is 0 Å². The smallest absolute Gasteiger partial charge is 0.119 e. The zero-order valence-electron chi connectivity index (χ0n) is 12.2. The maximum atomic E-state index is 5.64. The highest BCUT2D eigenvalue weighted by molar-refractivity contribution is 5.27. The third kappa shape index (κ3) is 5.54. The van der Waals surface area contributed by atoms with E-state index >= 15 is 0 Å². The van der Waals surface area contributed by atoms with Crippen molar-refractivity contribution in [1.29, 1.82) is 0 Å². The molecular weight excluding hydrogens is 222 g/mol. The number of nitrogens with one attached hydrogen (secondary N) is 1. The Bertz CT molecular complexity index is 318. The lowest BCUT2D eigenvalue weighted by atomic mass is 10.1. The van der Waals surface area contributed by atoms with Crippen LogP contribution in [0.1, 0.15) is 46.1 Å². The van der Waals surface area contributed by atoms with Crippen molar-refractivity contribution < 1.29 is 4.74 Å². The highest BCUT2D eigenvalue weighted by atomic mass is 16.5. The Morgan fingerprint density at radius 1 is 1.11 bits per heavy atom. The van der Waals surface area contributed by atoms with E-state index in [1.165, 1.54) is 12.0 Å². The summed E-state index contributed by atoms with van der Waals surface area (Å²) in [6.45, 7) is 10.6. The Morgan fingerprint density at radius 2 is 1.78 bits per heavy atom. The van der Waals surface area contributed by atoms with E-state index in [0.29, 0.717) is 12.0 Å². The molecule has 0 fully saturated rings. The van der Waals surface area contributed by atoms with Gasteiger partial charge in [-0.3, -0.25) is 0 Å². The van der Waals surface area contributed by atoms with Crippen LogP contribution < -0.4 is 10.1 Å². The molecule has 0 aliphatic carbocycles. The van der Waals surface area contributed by atoms with E-state index in [1.807, 2.05) is 0 Å². The minimum absolute atomic E-state index is 0.547. The average molecular weight is 249 g/mol. The van der Waals surface area contributed by atoms with Crippen molar-refractivity contribution in [2.24, 2.45) is 5.92 Å².